The Morgan fingerprint density at radius 1 is 1.33 bits per heavy atom. The molecular formula is C11H18O4. The van der Waals surface area contributed by atoms with Gasteiger partial charge in [-0.05, 0) is 19.8 Å². The summed E-state index contributed by atoms with van der Waals surface area (Å²) in [7, 11) is 0. The molecule has 0 saturated carbocycles. The lowest BCUT2D eigenvalue weighted by Crippen LogP contribution is -2.00. The SMILES string of the molecule is CCOC(=O)/C=C/CCC(=O)CCCO. The quantitative estimate of drug-likeness (QED) is 0.487. The molecule has 0 radical (unpaired) electrons. The van der Waals surface area contributed by atoms with E-state index in [0.29, 0.717) is 32.3 Å². The standard InChI is InChI=1S/C11H18O4/c1-2-15-11(14)8-4-3-6-10(13)7-5-9-12/h4,8,12H,2-3,5-7,9H2,1H3/b8-4+. The Balaban J connectivity index is 3.51. The van der Waals surface area contributed by atoms with Crippen molar-refractivity contribution in [2.24, 2.45) is 0 Å². The topological polar surface area (TPSA) is 63.6 Å². The predicted octanol–water partition coefficient (Wildman–Crippen LogP) is 1.23. The minimum atomic E-state index is -0.375. The summed E-state index contributed by atoms with van der Waals surface area (Å²) in [6, 6.07) is 0. The molecule has 0 aliphatic carbocycles. The van der Waals surface area contributed by atoms with Gasteiger partial charge in [0.25, 0.3) is 0 Å². The van der Waals surface area contributed by atoms with Gasteiger partial charge >= 0.3 is 5.97 Å². The van der Waals surface area contributed by atoms with E-state index in [9.17, 15) is 9.59 Å². The summed E-state index contributed by atoms with van der Waals surface area (Å²) in [6.07, 6.45) is 4.85. The first-order valence-electron chi connectivity index (χ1n) is 5.16. The van der Waals surface area contributed by atoms with E-state index in [1.54, 1.807) is 13.0 Å². The van der Waals surface area contributed by atoms with Gasteiger partial charge < -0.3 is 9.84 Å². The van der Waals surface area contributed by atoms with Crippen LogP contribution in [0.2, 0.25) is 0 Å². The van der Waals surface area contributed by atoms with Crippen LogP contribution in [0.1, 0.15) is 32.6 Å². The van der Waals surface area contributed by atoms with Crippen LogP contribution in [0.15, 0.2) is 12.2 Å². The van der Waals surface area contributed by atoms with Gasteiger partial charge in [-0.15, -0.1) is 0 Å². The third-order valence-corrected chi connectivity index (χ3v) is 1.74. The summed E-state index contributed by atoms with van der Waals surface area (Å²) < 4.78 is 4.67. The number of aliphatic hydroxyl groups excluding tert-OH is 1. The fraction of sp³-hybridized carbons (Fsp3) is 0.636. The molecule has 0 spiro atoms. The number of esters is 1. The number of hydrogen-bond donors (Lipinski definition) is 1. The van der Waals surface area contributed by atoms with Crippen molar-refractivity contribution >= 4 is 11.8 Å². The van der Waals surface area contributed by atoms with Gasteiger partial charge in [-0.2, -0.15) is 0 Å². The lowest BCUT2D eigenvalue weighted by Gasteiger charge is -1.96. The lowest BCUT2D eigenvalue weighted by molar-refractivity contribution is -0.137. The molecule has 86 valence electrons. The highest BCUT2D eigenvalue weighted by atomic mass is 16.5. The molecule has 0 aliphatic rings. The van der Waals surface area contributed by atoms with Gasteiger partial charge in [-0.3, -0.25) is 4.79 Å². The van der Waals surface area contributed by atoms with Crippen LogP contribution in [0.5, 0.6) is 0 Å². The molecule has 0 heterocycles. The first-order chi connectivity index (χ1) is 7.20. The van der Waals surface area contributed by atoms with Crippen LogP contribution in [0, 0.1) is 0 Å². The average molecular weight is 214 g/mol. The number of allylic oxidation sites excluding steroid dienone is 1. The second kappa shape index (κ2) is 9.40. The predicted molar refractivity (Wildman–Crippen MR) is 56.3 cm³/mol. The summed E-state index contributed by atoms with van der Waals surface area (Å²) >= 11 is 0. The third kappa shape index (κ3) is 9.15. The molecule has 15 heavy (non-hydrogen) atoms. The minimum Gasteiger partial charge on any atom is -0.463 e. The maximum absolute atomic E-state index is 11.1. The van der Waals surface area contributed by atoms with Crippen molar-refractivity contribution in [2.75, 3.05) is 13.2 Å². The average Bonchev–Trinajstić information content (AvgIpc) is 2.22. The molecular weight excluding hydrogens is 196 g/mol. The van der Waals surface area contributed by atoms with Crippen LogP contribution in [0.3, 0.4) is 0 Å². The van der Waals surface area contributed by atoms with E-state index in [1.165, 1.54) is 6.08 Å². The summed E-state index contributed by atoms with van der Waals surface area (Å²) in [4.78, 5) is 21.9. The molecule has 0 aromatic carbocycles. The Bertz CT molecular complexity index is 221. The lowest BCUT2D eigenvalue weighted by atomic mass is 10.1. The van der Waals surface area contributed by atoms with Crippen LogP contribution in [-0.4, -0.2) is 30.1 Å². The molecule has 0 atom stereocenters. The third-order valence-electron chi connectivity index (χ3n) is 1.74. The number of ether oxygens (including phenoxy) is 1. The molecule has 0 bridgehead atoms. The Labute approximate surface area is 89.9 Å². The summed E-state index contributed by atoms with van der Waals surface area (Å²) in [5, 5.41) is 8.49. The number of rotatable bonds is 8. The smallest absolute Gasteiger partial charge is 0.330 e. The van der Waals surface area contributed by atoms with Crippen molar-refractivity contribution in [1.29, 1.82) is 0 Å². The maximum atomic E-state index is 11.1. The van der Waals surface area contributed by atoms with Gasteiger partial charge in [0, 0.05) is 25.5 Å². The molecule has 0 amide bonds. The van der Waals surface area contributed by atoms with E-state index >= 15 is 0 Å². The normalized spacial score (nSPS) is 10.5. The van der Waals surface area contributed by atoms with Crippen LogP contribution in [-0.2, 0) is 14.3 Å². The number of hydrogen-bond acceptors (Lipinski definition) is 4. The van der Waals surface area contributed by atoms with Crippen LogP contribution in [0.25, 0.3) is 0 Å². The van der Waals surface area contributed by atoms with Crippen molar-refractivity contribution in [2.45, 2.75) is 32.6 Å². The molecule has 0 rings (SSSR count). The zero-order valence-electron chi connectivity index (χ0n) is 9.07. The van der Waals surface area contributed by atoms with Gasteiger partial charge in [0.1, 0.15) is 5.78 Å². The molecule has 0 aliphatic heterocycles. The van der Waals surface area contributed by atoms with E-state index in [2.05, 4.69) is 4.74 Å². The van der Waals surface area contributed by atoms with Crippen LogP contribution < -0.4 is 0 Å². The number of carbonyl (C=O) groups is 2. The first-order valence-corrected chi connectivity index (χ1v) is 5.16. The molecule has 4 heteroatoms. The molecule has 0 unspecified atom stereocenters. The number of carbonyl (C=O) groups excluding carboxylic acids is 2. The number of aliphatic hydroxyl groups is 1. The monoisotopic (exact) mass is 214 g/mol. The summed E-state index contributed by atoms with van der Waals surface area (Å²) in [6.45, 7) is 2.15. The zero-order valence-corrected chi connectivity index (χ0v) is 9.07. The largest absolute Gasteiger partial charge is 0.463 e. The Kier molecular flexibility index (Phi) is 8.67. The first kappa shape index (κ1) is 13.8. The van der Waals surface area contributed by atoms with E-state index in [0.717, 1.165) is 0 Å². The van der Waals surface area contributed by atoms with Gasteiger partial charge in [0.05, 0.1) is 6.61 Å². The fourth-order valence-corrected chi connectivity index (χ4v) is 1.02. The molecule has 0 aromatic rings. The van der Waals surface area contributed by atoms with Crippen LogP contribution in [0.4, 0.5) is 0 Å². The summed E-state index contributed by atoms with van der Waals surface area (Å²) in [5.74, 6) is -0.266. The zero-order chi connectivity index (χ0) is 11.5. The van der Waals surface area contributed by atoms with Gasteiger partial charge in [0.15, 0.2) is 0 Å². The van der Waals surface area contributed by atoms with Gasteiger partial charge in [-0.25, -0.2) is 4.79 Å². The number of Topliss-reactive ketones (excluding diaryl/α,β-unsaturated/α-hetero) is 1. The highest BCUT2D eigenvalue weighted by Gasteiger charge is 1.99. The molecule has 0 saturated heterocycles. The Morgan fingerprint density at radius 3 is 2.67 bits per heavy atom. The van der Waals surface area contributed by atoms with Crippen molar-refractivity contribution in [3.8, 4) is 0 Å². The Hall–Kier alpha value is -1.16. The highest BCUT2D eigenvalue weighted by Crippen LogP contribution is 1.99. The van der Waals surface area contributed by atoms with Crippen molar-refractivity contribution in [3.63, 3.8) is 0 Å². The van der Waals surface area contributed by atoms with Crippen molar-refractivity contribution < 1.29 is 19.4 Å². The number of ketones is 1. The van der Waals surface area contributed by atoms with Crippen LogP contribution >= 0.6 is 0 Å². The van der Waals surface area contributed by atoms with E-state index in [-0.39, 0.29) is 18.4 Å². The van der Waals surface area contributed by atoms with E-state index < -0.39 is 0 Å². The minimum absolute atomic E-state index is 0.0460. The molecule has 1 N–H and O–H groups in total. The second-order valence-corrected chi connectivity index (χ2v) is 3.06. The molecule has 0 fully saturated rings. The maximum Gasteiger partial charge on any atom is 0.330 e. The molecule has 4 nitrogen and oxygen atoms in total. The highest BCUT2D eigenvalue weighted by molar-refractivity contribution is 5.82. The molecule has 0 aromatic heterocycles. The van der Waals surface area contributed by atoms with Crippen molar-refractivity contribution in [1.82, 2.24) is 0 Å². The summed E-state index contributed by atoms with van der Waals surface area (Å²) in [5.41, 5.74) is 0. The van der Waals surface area contributed by atoms with Gasteiger partial charge in [-0.1, -0.05) is 6.08 Å². The van der Waals surface area contributed by atoms with E-state index in [1.807, 2.05) is 0 Å². The Morgan fingerprint density at radius 2 is 2.07 bits per heavy atom. The van der Waals surface area contributed by atoms with Gasteiger partial charge in [0.2, 0.25) is 0 Å². The van der Waals surface area contributed by atoms with Crippen molar-refractivity contribution in [3.05, 3.63) is 12.2 Å². The fourth-order valence-electron chi connectivity index (χ4n) is 1.02. The van der Waals surface area contributed by atoms with E-state index in [4.69, 9.17) is 5.11 Å². The second-order valence-electron chi connectivity index (χ2n) is 3.06.